The van der Waals surface area contributed by atoms with E-state index in [9.17, 15) is 4.79 Å². The molecule has 5 aliphatic rings. The Hall–Kier alpha value is -0.790. The lowest BCUT2D eigenvalue weighted by Crippen LogP contribution is -2.56. The van der Waals surface area contributed by atoms with E-state index in [0.29, 0.717) is 23.3 Å². The summed E-state index contributed by atoms with van der Waals surface area (Å²) in [4.78, 5) is 13.0. The Kier molecular flexibility index (Phi) is 3.72. The highest BCUT2D eigenvalue weighted by atomic mass is 16.2. The van der Waals surface area contributed by atoms with Crippen LogP contribution in [0.25, 0.3) is 0 Å². The van der Waals surface area contributed by atoms with Gasteiger partial charge in [-0.25, -0.2) is 0 Å². The number of amides is 1. The maximum absolute atomic E-state index is 13.0. The summed E-state index contributed by atoms with van der Waals surface area (Å²) in [6.07, 6.45) is 10.8. The highest BCUT2D eigenvalue weighted by Crippen LogP contribution is 2.62. The van der Waals surface area contributed by atoms with Crippen LogP contribution in [0.5, 0.6) is 0 Å². The lowest BCUT2D eigenvalue weighted by atomic mass is 9.48. The van der Waals surface area contributed by atoms with E-state index in [0.717, 1.165) is 17.8 Å². The summed E-state index contributed by atoms with van der Waals surface area (Å²) >= 11 is 0. The summed E-state index contributed by atoms with van der Waals surface area (Å²) in [5.74, 6) is 3.75. The first-order valence-electron chi connectivity index (χ1n) is 10.2. The standard InChI is InChI=1S/C22H35NO/c1-13(2)6-18-19(21(18,4)5)20(24)23-14(3)22-10-15-7-16(11-22)9-17(8-15)12-22/h6,14-19H,7-12H2,1-5H3,(H,23,24)/t14-,15?,16?,17?,18+,19+,22?/m1/s1. The van der Waals surface area contributed by atoms with E-state index in [4.69, 9.17) is 0 Å². The summed E-state index contributed by atoms with van der Waals surface area (Å²) in [5.41, 5.74) is 1.87. The number of hydrogen-bond donors (Lipinski definition) is 1. The van der Waals surface area contributed by atoms with Crippen LogP contribution in [0, 0.1) is 40.4 Å². The monoisotopic (exact) mass is 329 g/mol. The van der Waals surface area contributed by atoms with E-state index in [1.165, 1.54) is 44.1 Å². The van der Waals surface area contributed by atoms with Crippen LogP contribution in [-0.2, 0) is 4.79 Å². The van der Waals surface area contributed by atoms with Crippen molar-refractivity contribution in [2.75, 3.05) is 0 Å². The number of rotatable bonds is 4. The van der Waals surface area contributed by atoms with Crippen molar-refractivity contribution >= 4 is 5.91 Å². The summed E-state index contributed by atoms with van der Waals surface area (Å²) in [6.45, 7) is 11.1. The molecule has 0 radical (unpaired) electrons. The van der Waals surface area contributed by atoms with E-state index in [2.05, 4.69) is 46.0 Å². The predicted octanol–water partition coefficient (Wildman–Crippen LogP) is 4.95. The van der Waals surface area contributed by atoms with E-state index in [-0.39, 0.29) is 11.3 Å². The zero-order valence-electron chi connectivity index (χ0n) is 16.2. The fourth-order valence-electron chi connectivity index (χ4n) is 7.01. The fourth-order valence-corrected chi connectivity index (χ4v) is 7.01. The molecular formula is C22H35NO. The molecule has 5 aliphatic carbocycles. The second-order valence-corrected chi connectivity index (χ2v) is 10.6. The molecule has 5 fully saturated rings. The third-order valence-electron chi connectivity index (χ3n) is 8.07. The lowest BCUT2D eigenvalue weighted by Gasteiger charge is -2.59. The average Bonchev–Trinajstić information content (AvgIpc) is 2.97. The van der Waals surface area contributed by atoms with Gasteiger partial charge >= 0.3 is 0 Å². The van der Waals surface area contributed by atoms with Crippen molar-refractivity contribution in [1.82, 2.24) is 5.32 Å². The molecule has 1 N–H and O–H groups in total. The zero-order valence-corrected chi connectivity index (χ0v) is 16.2. The number of carbonyl (C=O) groups is 1. The summed E-state index contributed by atoms with van der Waals surface area (Å²) in [6, 6.07) is 0.349. The molecule has 2 nitrogen and oxygen atoms in total. The first-order valence-corrected chi connectivity index (χ1v) is 10.2. The van der Waals surface area contributed by atoms with Crippen molar-refractivity contribution in [2.45, 2.75) is 79.2 Å². The van der Waals surface area contributed by atoms with E-state index in [1.54, 1.807) is 0 Å². The molecule has 134 valence electrons. The molecule has 5 rings (SSSR count). The van der Waals surface area contributed by atoms with Crippen LogP contribution in [0.4, 0.5) is 0 Å². The molecule has 0 unspecified atom stereocenters. The van der Waals surface area contributed by atoms with Gasteiger partial charge in [-0.2, -0.15) is 0 Å². The fraction of sp³-hybridized carbons (Fsp3) is 0.864. The van der Waals surface area contributed by atoms with Crippen LogP contribution >= 0.6 is 0 Å². The Bertz CT molecular complexity index is 533. The molecule has 0 aromatic rings. The molecular weight excluding hydrogens is 294 g/mol. The van der Waals surface area contributed by atoms with Gasteiger partial charge in [0, 0.05) is 6.04 Å². The Morgan fingerprint density at radius 3 is 2.00 bits per heavy atom. The lowest BCUT2D eigenvalue weighted by molar-refractivity contribution is -0.127. The van der Waals surface area contributed by atoms with Crippen LogP contribution in [0.2, 0.25) is 0 Å². The normalized spacial score (nSPS) is 45.6. The molecule has 3 atom stereocenters. The van der Waals surface area contributed by atoms with Crippen LogP contribution in [0.15, 0.2) is 11.6 Å². The van der Waals surface area contributed by atoms with Gasteiger partial charge in [0.15, 0.2) is 0 Å². The smallest absolute Gasteiger partial charge is 0.224 e. The van der Waals surface area contributed by atoms with Crippen molar-refractivity contribution in [1.29, 1.82) is 0 Å². The second kappa shape index (κ2) is 5.35. The molecule has 24 heavy (non-hydrogen) atoms. The van der Waals surface area contributed by atoms with Crippen LogP contribution in [0.1, 0.15) is 73.1 Å². The van der Waals surface area contributed by atoms with E-state index < -0.39 is 0 Å². The third-order valence-corrected chi connectivity index (χ3v) is 8.07. The van der Waals surface area contributed by atoms with Crippen molar-refractivity contribution in [3.05, 3.63) is 11.6 Å². The summed E-state index contributed by atoms with van der Waals surface area (Å²) < 4.78 is 0. The maximum Gasteiger partial charge on any atom is 0.224 e. The van der Waals surface area contributed by atoms with Gasteiger partial charge in [-0.15, -0.1) is 0 Å². The van der Waals surface area contributed by atoms with Gasteiger partial charge in [-0.1, -0.05) is 25.5 Å². The second-order valence-electron chi connectivity index (χ2n) is 10.6. The number of carbonyl (C=O) groups excluding carboxylic acids is 1. The molecule has 2 heteroatoms. The minimum atomic E-state index is 0.128. The van der Waals surface area contributed by atoms with E-state index in [1.807, 2.05) is 0 Å². The van der Waals surface area contributed by atoms with Crippen molar-refractivity contribution in [3.8, 4) is 0 Å². The predicted molar refractivity (Wildman–Crippen MR) is 98.4 cm³/mol. The topological polar surface area (TPSA) is 29.1 Å². The largest absolute Gasteiger partial charge is 0.353 e. The molecule has 0 saturated heterocycles. The SMILES string of the molecule is CC(C)=C[C@H]1[C@@H](C(=O)N[C@H](C)C23CC4CC(CC(C4)C2)C3)C1(C)C. The minimum absolute atomic E-state index is 0.128. The molecule has 5 saturated carbocycles. The quantitative estimate of drug-likeness (QED) is 0.727. The van der Waals surface area contributed by atoms with Crippen LogP contribution in [0.3, 0.4) is 0 Å². The Morgan fingerprint density at radius 2 is 1.54 bits per heavy atom. The van der Waals surface area contributed by atoms with Gasteiger partial charge in [0.2, 0.25) is 5.91 Å². The first-order chi connectivity index (χ1) is 11.2. The molecule has 0 heterocycles. The molecule has 0 aliphatic heterocycles. The Morgan fingerprint density at radius 1 is 1.04 bits per heavy atom. The van der Waals surface area contributed by atoms with Crippen molar-refractivity contribution < 1.29 is 4.79 Å². The van der Waals surface area contributed by atoms with E-state index >= 15 is 0 Å². The van der Waals surface area contributed by atoms with Gasteiger partial charge in [-0.3, -0.25) is 4.79 Å². The molecule has 0 aromatic carbocycles. The molecule has 4 bridgehead atoms. The van der Waals surface area contributed by atoms with Gasteiger partial charge in [-0.05, 0) is 93.8 Å². The number of hydrogen-bond acceptors (Lipinski definition) is 1. The Balaban J connectivity index is 1.44. The number of allylic oxidation sites excluding steroid dienone is 2. The van der Waals surface area contributed by atoms with Gasteiger partial charge < -0.3 is 5.32 Å². The highest BCUT2D eigenvalue weighted by molar-refractivity contribution is 5.84. The first kappa shape index (κ1) is 16.7. The molecule has 1 amide bonds. The minimum Gasteiger partial charge on any atom is -0.353 e. The average molecular weight is 330 g/mol. The maximum atomic E-state index is 13.0. The number of nitrogens with one attached hydrogen (secondary N) is 1. The molecule has 0 aromatic heterocycles. The van der Waals surface area contributed by atoms with Gasteiger partial charge in [0.1, 0.15) is 0 Å². The van der Waals surface area contributed by atoms with Crippen LogP contribution < -0.4 is 5.32 Å². The van der Waals surface area contributed by atoms with Crippen molar-refractivity contribution in [2.24, 2.45) is 40.4 Å². The van der Waals surface area contributed by atoms with Gasteiger partial charge in [0.25, 0.3) is 0 Å². The van der Waals surface area contributed by atoms with Crippen LogP contribution in [-0.4, -0.2) is 11.9 Å². The third kappa shape index (κ3) is 2.56. The highest BCUT2D eigenvalue weighted by Gasteiger charge is 2.61. The zero-order chi connectivity index (χ0) is 17.3. The summed E-state index contributed by atoms with van der Waals surface area (Å²) in [5, 5.41) is 3.49. The molecule has 0 spiro atoms. The Labute approximate surface area is 147 Å². The summed E-state index contributed by atoms with van der Waals surface area (Å²) in [7, 11) is 0. The van der Waals surface area contributed by atoms with Gasteiger partial charge in [0.05, 0.1) is 5.92 Å². The van der Waals surface area contributed by atoms with Crippen molar-refractivity contribution in [3.63, 3.8) is 0 Å².